The Bertz CT molecular complexity index is 437. The number of halogens is 3. The van der Waals surface area contributed by atoms with Crippen molar-refractivity contribution in [3.05, 3.63) is 24.0 Å². The lowest BCUT2D eigenvalue weighted by molar-refractivity contribution is -0.144. The fourth-order valence-corrected chi connectivity index (χ4v) is 3.35. The van der Waals surface area contributed by atoms with E-state index in [1.165, 1.54) is 4.90 Å². The van der Waals surface area contributed by atoms with Crippen molar-refractivity contribution >= 4 is 0 Å². The summed E-state index contributed by atoms with van der Waals surface area (Å²) in [4.78, 5) is 3.80. The molecule has 20 heavy (non-hydrogen) atoms. The summed E-state index contributed by atoms with van der Waals surface area (Å²) in [5.74, 6) is 0.711. The molecule has 1 aromatic heterocycles. The van der Waals surface area contributed by atoms with E-state index in [1.54, 1.807) is 6.20 Å². The molecule has 0 saturated carbocycles. The van der Waals surface area contributed by atoms with E-state index in [4.69, 9.17) is 0 Å². The van der Waals surface area contributed by atoms with E-state index in [2.05, 4.69) is 15.1 Å². The molecule has 2 unspecified atom stereocenters. The first-order valence-electron chi connectivity index (χ1n) is 6.77. The van der Waals surface area contributed by atoms with Gasteiger partial charge in [-0.15, -0.1) is 0 Å². The summed E-state index contributed by atoms with van der Waals surface area (Å²) in [5.41, 5.74) is 0.916. The normalized spacial score (nSPS) is 27.9. The zero-order chi connectivity index (χ0) is 14.2. The molecule has 0 radical (unpaired) electrons. The van der Waals surface area contributed by atoms with E-state index in [9.17, 15) is 13.2 Å². The van der Waals surface area contributed by atoms with Gasteiger partial charge in [-0.3, -0.25) is 9.80 Å². The predicted octanol–water partition coefficient (Wildman–Crippen LogP) is 1.40. The van der Waals surface area contributed by atoms with Crippen molar-refractivity contribution in [2.24, 2.45) is 11.8 Å². The average Bonchev–Trinajstić information content (AvgIpc) is 2.85. The van der Waals surface area contributed by atoms with Gasteiger partial charge in [-0.1, -0.05) is 0 Å². The van der Waals surface area contributed by atoms with Crippen LogP contribution in [0, 0.1) is 11.8 Å². The molecule has 7 heteroatoms. The molecule has 2 aliphatic rings. The van der Waals surface area contributed by atoms with Gasteiger partial charge in [0.05, 0.1) is 12.2 Å². The average molecular weight is 286 g/mol. The highest BCUT2D eigenvalue weighted by Crippen LogP contribution is 2.33. The minimum atomic E-state index is -4.09. The predicted molar refractivity (Wildman–Crippen MR) is 66.8 cm³/mol. The maximum atomic E-state index is 12.4. The maximum absolute atomic E-state index is 12.4. The van der Waals surface area contributed by atoms with E-state index in [0.29, 0.717) is 24.9 Å². The van der Waals surface area contributed by atoms with Crippen LogP contribution in [0.1, 0.15) is 5.69 Å². The lowest BCUT2D eigenvalue weighted by Crippen LogP contribution is -2.35. The summed E-state index contributed by atoms with van der Waals surface area (Å²) >= 11 is 0. The van der Waals surface area contributed by atoms with Gasteiger partial charge in [0.1, 0.15) is 0 Å². The first-order valence-corrected chi connectivity index (χ1v) is 6.77. The molecule has 2 saturated heterocycles. The minimum Gasteiger partial charge on any atom is -0.297 e. The number of alkyl halides is 3. The van der Waals surface area contributed by atoms with Crippen LogP contribution < -0.4 is 0 Å². The quantitative estimate of drug-likeness (QED) is 0.841. The Hall–Kier alpha value is -1.21. The molecule has 3 heterocycles. The van der Waals surface area contributed by atoms with Gasteiger partial charge in [-0.25, -0.2) is 0 Å². The standard InChI is InChI=1S/C13H17F3N4/c14-13(15,16)9-20-6-10-4-19(5-11(10)7-20)8-12-2-1-3-17-18-12/h1-3,10-11H,4-9H2. The van der Waals surface area contributed by atoms with Crippen molar-refractivity contribution in [3.8, 4) is 0 Å². The molecule has 0 bridgehead atoms. The van der Waals surface area contributed by atoms with Crippen LogP contribution in [-0.4, -0.2) is 58.9 Å². The number of likely N-dealkylation sites (tertiary alicyclic amines) is 2. The molecule has 1 aromatic rings. The molecule has 2 fully saturated rings. The zero-order valence-corrected chi connectivity index (χ0v) is 11.1. The first kappa shape index (κ1) is 13.8. The Morgan fingerprint density at radius 1 is 1.10 bits per heavy atom. The molecule has 4 nitrogen and oxygen atoms in total. The molecule has 0 amide bonds. The van der Waals surface area contributed by atoms with Crippen molar-refractivity contribution in [1.29, 1.82) is 0 Å². The van der Waals surface area contributed by atoms with Crippen molar-refractivity contribution < 1.29 is 13.2 Å². The third kappa shape index (κ3) is 3.27. The SMILES string of the molecule is FC(F)(F)CN1CC2CN(Cc3cccnn3)CC2C1. The Morgan fingerprint density at radius 3 is 2.30 bits per heavy atom. The van der Waals surface area contributed by atoms with E-state index < -0.39 is 12.7 Å². The third-order valence-electron chi connectivity index (χ3n) is 4.05. The maximum Gasteiger partial charge on any atom is 0.401 e. The van der Waals surface area contributed by atoms with Crippen molar-refractivity contribution in [3.63, 3.8) is 0 Å². The number of hydrogen-bond acceptors (Lipinski definition) is 4. The van der Waals surface area contributed by atoms with Gasteiger partial charge in [0.2, 0.25) is 0 Å². The van der Waals surface area contributed by atoms with Gasteiger partial charge in [0.25, 0.3) is 0 Å². The summed E-state index contributed by atoms with van der Waals surface area (Å²) < 4.78 is 37.1. The monoisotopic (exact) mass is 286 g/mol. The molecule has 0 aliphatic carbocycles. The fraction of sp³-hybridized carbons (Fsp3) is 0.692. The fourth-order valence-electron chi connectivity index (χ4n) is 3.35. The molecular formula is C13H17F3N4. The summed E-state index contributed by atoms with van der Waals surface area (Å²) in [6, 6.07) is 3.78. The molecule has 0 spiro atoms. The second-order valence-corrected chi connectivity index (χ2v) is 5.74. The van der Waals surface area contributed by atoms with Crippen molar-refractivity contribution in [1.82, 2.24) is 20.0 Å². The van der Waals surface area contributed by atoms with E-state index >= 15 is 0 Å². The van der Waals surface area contributed by atoms with Crippen LogP contribution >= 0.6 is 0 Å². The third-order valence-corrected chi connectivity index (χ3v) is 4.05. The van der Waals surface area contributed by atoms with E-state index in [1.807, 2.05) is 12.1 Å². The number of rotatable bonds is 3. The lowest BCUT2D eigenvalue weighted by Gasteiger charge is -2.21. The molecule has 110 valence electrons. The van der Waals surface area contributed by atoms with Crippen LogP contribution in [-0.2, 0) is 6.54 Å². The van der Waals surface area contributed by atoms with E-state index in [0.717, 1.165) is 25.3 Å². The molecule has 2 atom stereocenters. The summed E-state index contributed by atoms with van der Waals surface area (Å²) in [7, 11) is 0. The molecule has 0 aromatic carbocycles. The number of hydrogen-bond donors (Lipinski definition) is 0. The summed E-state index contributed by atoms with van der Waals surface area (Å²) in [6.07, 6.45) is -2.45. The Labute approximate surface area is 115 Å². The highest BCUT2D eigenvalue weighted by molar-refractivity contribution is 5.01. The molecule has 2 aliphatic heterocycles. The van der Waals surface area contributed by atoms with Crippen LogP contribution in [0.5, 0.6) is 0 Å². The van der Waals surface area contributed by atoms with Crippen LogP contribution in [0.2, 0.25) is 0 Å². The number of aromatic nitrogens is 2. The van der Waals surface area contributed by atoms with Gasteiger partial charge < -0.3 is 0 Å². The largest absolute Gasteiger partial charge is 0.401 e. The smallest absolute Gasteiger partial charge is 0.297 e. The molecule has 3 rings (SSSR count). The Balaban J connectivity index is 1.51. The lowest BCUT2D eigenvalue weighted by atomic mass is 10.0. The van der Waals surface area contributed by atoms with Crippen LogP contribution in [0.15, 0.2) is 18.3 Å². The van der Waals surface area contributed by atoms with Gasteiger partial charge in [-0.05, 0) is 24.0 Å². The van der Waals surface area contributed by atoms with Gasteiger partial charge in [0.15, 0.2) is 0 Å². The van der Waals surface area contributed by atoms with Crippen LogP contribution in [0.4, 0.5) is 13.2 Å². The highest BCUT2D eigenvalue weighted by Gasteiger charge is 2.43. The van der Waals surface area contributed by atoms with E-state index in [-0.39, 0.29) is 0 Å². The second-order valence-electron chi connectivity index (χ2n) is 5.74. The van der Waals surface area contributed by atoms with Gasteiger partial charge in [0, 0.05) is 38.9 Å². The molecular weight excluding hydrogens is 269 g/mol. The Kier molecular flexibility index (Phi) is 3.64. The topological polar surface area (TPSA) is 32.3 Å². The highest BCUT2D eigenvalue weighted by atomic mass is 19.4. The van der Waals surface area contributed by atoms with Crippen LogP contribution in [0.3, 0.4) is 0 Å². The van der Waals surface area contributed by atoms with Crippen molar-refractivity contribution in [2.45, 2.75) is 12.7 Å². The molecule has 0 N–H and O–H groups in total. The number of fused-ring (bicyclic) bond motifs is 1. The second kappa shape index (κ2) is 5.29. The summed E-state index contributed by atoms with van der Waals surface area (Å²) in [6.45, 7) is 2.79. The minimum absolute atomic E-state index is 0.356. The Morgan fingerprint density at radius 2 is 1.75 bits per heavy atom. The van der Waals surface area contributed by atoms with Gasteiger partial charge in [-0.2, -0.15) is 23.4 Å². The van der Waals surface area contributed by atoms with Crippen molar-refractivity contribution in [2.75, 3.05) is 32.7 Å². The number of nitrogens with zero attached hydrogens (tertiary/aromatic N) is 4. The van der Waals surface area contributed by atoms with Gasteiger partial charge >= 0.3 is 6.18 Å². The summed E-state index contributed by atoms with van der Waals surface area (Å²) in [5, 5.41) is 7.89. The first-order chi connectivity index (χ1) is 9.49. The zero-order valence-electron chi connectivity index (χ0n) is 11.1. The van der Waals surface area contributed by atoms with Crippen LogP contribution in [0.25, 0.3) is 0 Å².